The maximum Gasteiger partial charge on any atom is 0.133 e. The molecule has 4 rings (SSSR count). The average Bonchev–Trinajstić information content (AvgIpc) is 2.83. The first-order valence-electron chi connectivity index (χ1n) is 11.4. The van der Waals surface area contributed by atoms with Gasteiger partial charge in [0.1, 0.15) is 8.07 Å². The summed E-state index contributed by atoms with van der Waals surface area (Å²) in [5.74, 6) is 0. The van der Waals surface area contributed by atoms with Crippen molar-refractivity contribution in [2.75, 3.05) is 0 Å². The summed E-state index contributed by atoms with van der Waals surface area (Å²) in [4.78, 5) is 0. The summed E-state index contributed by atoms with van der Waals surface area (Å²) in [5.41, 5.74) is 2.10. The smallest absolute Gasteiger partial charge is 0.133 e. The number of hydrogen-bond acceptors (Lipinski definition) is 1. The molecule has 2 atom stereocenters. The van der Waals surface area contributed by atoms with Gasteiger partial charge in [0.25, 0.3) is 0 Å². The van der Waals surface area contributed by atoms with Gasteiger partial charge in [-0.1, -0.05) is 152 Å². The lowest BCUT2D eigenvalue weighted by Crippen LogP contribution is -2.69. The van der Waals surface area contributed by atoms with Gasteiger partial charge in [-0.05, 0) is 16.2 Å². The minimum absolute atomic E-state index is 0.0594. The Balaban J connectivity index is 2.10. The second-order valence-electron chi connectivity index (χ2n) is 9.53. The SMILES string of the molecule is CC(C)(C)[Si](c1ccccc1)(c1ccccc1)[C@@H](c1ccccc1)[C@H](O)c1ccccc1. The number of hydrogen-bond donors (Lipinski definition) is 1. The molecule has 32 heavy (non-hydrogen) atoms. The molecule has 4 aromatic rings. The highest BCUT2D eigenvalue weighted by atomic mass is 28.3. The average molecular weight is 437 g/mol. The maximum absolute atomic E-state index is 12.1. The topological polar surface area (TPSA) is 20.2 Å². The third-order valence-corrected chi connectivity index (χ3v) is 13.2. The predicted octanol–water partition coefficient (Wildman–Crippen LogP) is 6.11. The van der Waals surface area contributed by atoms with Crippen molar-refractivity contribution in [1.82, 2.24) is 0 Å². The molecule has 0 unspecified atom stereocenters. The highest BCUT2D eigenvalue weighted by molar-refractivity contribution is 7.05. The quantitative estimate of drug-likeness (QED) is 0.362. The minimum atomic E-state index is -2.62. The van der Waals surface area contributed by atoms with E-state index in [0.717, 1.165) is 5.56 Å². The van der Waals surface area contributed by atoms with Crippen LogP contribution in [0.25, 0.3) is 0 Å². The van der Waals surface area contributed by atoms with Gasteiger partial charge >= 0.3 is 0 Å². The van der Waals surface area contributed by atoms with Crippen LogP contribution in [0.1, 0.15) is 43.5 Å². The Morgan fingerprint density at radius 2 is 0.875 bits per heavy atom. The molecule has 0 bridgehead atoms. The zero-order chi connectivity index (χ0) is 22.6. The zero-order valence-corrected chi connectivity index (χ0v) is 20.1. The molecule has 1 N–H and O–H groups in total. The summed E-state index contributed by atoms with van der Waals surface area (Å²) in [6.45, 7) is 7.06. The standard InChI is InChI=1S/C30H32OSi/c1-30(2,3)32(26-20-12-6-13-21-26,27-22-14-7-15-23-27)29(25-18-10-5-11-19-25)28(31)24-16-8-4-9-17-24/h4-23,28-29,31H,1-3H3/t28-,29+/m1/s1. The Morgan fingerprint density at radius 1 is 0.531 bits per heavy atom. The van der Waals surface area contributed by atoms with Crippen molar-refractivity contribution >= 4 is 18.4 Å². The Bertz CT molecular complexity index is 1060. The van der Waals surface area contributed by atoms with E-state index >= 15 is 0 Å². The molecule has 4 aromatic carbocycles. The second kappa shape index (κ2) is 9.28. The number of aliphatic hydroxyl groups excluding tert-OH is 1. The molecule has 0 spiro atoms. The van der Waals surface area contributed by atoms with E-state index in [1.54, 1.807) is 0 Å². The zero-order valence-electron chi connectivity index (χ0n) is 19.1. The first-order chi connectivity index (χ1) is 15.5. The summed E-state index contributed by atoms with van der Waals surface area (Å²) < 4.78 is 0. The van der Waals surface area contributed by atoms with Crippen molar-refractivity contribution in [3.63, 3.8) is 0 Å². The lowest BCUT2D eigenvalue weighted by molar-refractivity contribution is 0.168. The molecular weight excluding hydrogens is 404 g/mol. The van der Waals surface area contributed by atoms with Crippen LogP contribution in [-0.2, 0) is 0 Å². The molecule has 0 saturated heterocycles. The summed E-state index contributed by atoms with van der Waals surface area (Å²) in [6, 6.07) is 42.6. The van der Waals surface area contributed by atoms with Crippen LogP contribution in [0, 0.1) is 0 Å². The second-order valence-corrected chi connectivity index (χ2v) is 14.4. The van der Waals surface area contributed by atoms with Crippen molar-refractivity contribution in [2.45, 2.75) is 37.5 Å². The first kappa shape index (κ1) is 22.3. The minimum Gasteiger partial charge on any atom is -0.388 e. The van der Waals surface area contributed by atoms with E-state index in [9.17, 15) is 5.11 Å². The van der Waals surface area contributed by atoms with Crippen LogP contribution in [0.5, 0.6) is 0 Å². The molecule has 1 nitrogen and oxygen atoms in total. The third-order valence-electron chi connectivity index (χ3n) is 6.72. The van der Waals surface area contributed by atoms with Gasteiger partial charge in [0.05, 0.1) is 6.10 Å². The van der Waals surface area contributed by atoms with E-state index < -0.39 is 14.2 Å². The van der Waals surface area contributed by atoms with Gasteiger partial charge in [0.15, 0.2) is 0 Å². The lowest BCUT2D eigenvalue weighted by atomic mass is 10.0. The maximum atomic E-state index is 12.1. The predicted molar refractivity (Wildman–Crippen MR) is 138 cm³/mol. The van der Waals surface area contributed by atoms with Crippen molar-refractivity contribution in [3.8, 4) is 0 Å². The van der Waals surface area contributed by atoms with Crippen LogP contribution in [-0.4, -0.2) is 13.2 Å². The van der Waals surface area contributed by atoms with E-state index in [1.807, 2.05) is 18.2 Å². The third kappa shape index (κ3) is 3.97. The molecule has 0 amide bonds. The van der Waals surface area contributed by atoms with Crippen LogP contribution in [0.4, 0.5) is 0 Å². The van der Waals surface area contributed by atoms with Gasteiger partial charge in [-0.25, -0.2) is 0 Å². The van der Waals surface area contributed by atoms with Crippen molar-refractivity contribution in [3.05, 3.63) is 132 Å². The van der Waals surface area contributed by atoms with Gasteiger partial charge in [0, 0.05) is 5.54 Å². The Morgan fingerprint density at radius 3 is 1.25 bits per heavy atom. The Hall–Kier alpha value is -2.94. The van der Waals surface area contributed by atoms with Crippen molar-refractivity contribution in [1.29, 1.82) is 0 Å². The largest absolute Gasteiger partial charge is 0.388 e. The molecule has 162 valence electrons. The van der Waals surface area contributed by atoms with E-state index in [-0.39, 0.29) is 10.6 Å². The fourth-order valence-electron chi connectivity index (χ4n) is 5.43. The number of rotatable bonds is 6. The molecule has 0 saturated carbocycles. The normalized spacial score (nSPS) is 14.0. The van der Waals surface area contributed by atoms with E-state index in [2.05, 4.69) is 124 Å². The Labute approximate surface area is 193 Å². The highest BCUT2D eigenvalue weighted by Crippen LogP contribution is 2.49. The number of benzene rings is 4. The van der Waals surface area contributed by atoms with Crippen LogP contribution in [0.2, 0.25) is 5.04 Å². The fraction of sp³-hybridized carbons (Fsp3) is 0.200. The summed E-state index contributed by atoms with van der Waals surface area (Å²) in [6.07, 6.45) is -0.620. The van der Waals surface area contributed by atoms with Crippen LogP contribution in [0.3, 0.4) is 0 Å². The van der Waals surface area contributed by atoms with Gasteiger partial charge < -0.3 is 5.11 Å². The van der Waals surface area contributed by atoms with E-state index in [1.165, 1.54) is 15.9 Å². The molecule has 2 heteroatoms. The highest BCUT2D eigenvalue weighted by Gasteiger charge is 2.55. The summed E-state index contributed by atoms with van der Waals surface area (Å²) >= 11 is 0. The molecule has 0 aliphatic rings. The summed E-state index contributed by atoms with van der Waals surface area (Å²) in [5, 5.41) is 14.7. The lowest BCUT2D eigenvalue weighted by Gasteiger charge is -2.51. The molecule has 0 aliphatic heterocycles. The van der Waals surface area contributed by atoms with Crippen LogP contribution in [0.15, 0.2) is 121 Å². The monoisotopic (exact) mass is 436 g/mol. The van der Waals surface area contributed by atoms with Gasteiger partial charge in [-0.3, -0.25) is 0 Å². The molecule has 0 aromatic heterocycles. The van der Waals surface area contributed by atoms with E-state index in [4.69, 9.17) is 0 Å². The molecule has 0 aliphatic carbocycles. The van der Waals surface area contributed by atoms with Gasteiger partial charge in [-0.15, -0.1) is 0 Å². The van der Waals surface area contributed by atoms with Crippen molar-refractivity contribution < 1.29 is 5.11 Å². The molecule has 0 radical (unpaired) electrons. The number of aliphatic hydroxyl groups is 1. The van der Waals surface area contributed by atoms with E-state index in [0.29, 0.717) is 0 Å². The molecule has 0 heterocycles. The van der Waals surface area contributed by atoms with Gasteiger partial charge in [0.2, 0.25) is 0 Å². The summed E-state index contributed by atoms with van der Waals surface area (Å²) in [7, 11) is -2.62. The fourth-order valence-corrected chi connectivity index (χ4v) is 11.9. The van der Waals surface area contributed by atoms with Crippen LogP contribution >= 0.6 is 0 Å². The Kier molecular flexibility index (Phi) is 6.45. The molecule has 0 fully saturated rings. The van der Waals surface area contributed by atoms with Crippen molar-refractivity contribution in [2.24, 2.45) is 0 Å². The molecular formula is C30H32OSi. The van der Waals surface area contributed by atoms with Gasteiger partial charge in [-0.2, -0.15) is 0 Å². The first-order valence-corrected chi connectivity index (χ1v) is 13.4. The van der Waals surface area contributed by atoms with Crippen LogP contribution < -0.4 is 10.4 Å².